The standard InChI is InChI=1S/C13H16N6/c14-9-3-4-10-11(8-9)19-13(18-10)17-5-1-2-12-15-6-7-16-12/h3-4,6-8H,1-2,5,14H2,(H,15,16)(H2,17,18,19). The third-order valence-corrected chi connectivity index (χ3v) is 2.94. The third-order valence-electron chi connectivity index (χ3n) is 2.94. The van der Waals surface area contributed by atoms with Gasteiger partial charge in [-0.25, -0.2) is 9.97 Å². The first-order valence-corrected chi connectivity index (χ1v) is 6.28. The lowest BCUT2D eigenvalue weighted by molar-refractivity contribution is 0.812. The molecule has 6 heteroatoms. The number of aromatic nitrogens is 4. The van der Waals surface area contributed by atoms with Gasteiger partial charge < -0.3 is 21.0 Å². The summed E-state index contributed by atoms with van der Waals surface area (Å²) in [6.07, 6.45) is 5.53. The molecule has 0 amide bonds. The van der Waals surface area contributed by atoms with Gasteiger partial charge in [-0.05, 0) is 24.6 Å². The summed E-state index contributed by atoms with van der Waals surface area (Å²) in [7, 11) is 0. The molecule has 0 spiro atoms. The van der Waals surface area contributed by atoms with Crippen LogP contribution in [0.2, 0.25) is 0 Å². The van der Waals surface area contributed by atoms with Crippen molar-refractivity contribution in [1.82, 2.24) is 19.9 Å². The van der Waals surface area contributed by atoms with Crippen LogP contribution in [-0.4, -0.2) is 26.5 Å². The number of hydrogen-bond acceptors (Lipinski definition) is 4. The smallest absolute Gasteiger partial charge is 0.201 e. The van der Waals surface area contributed by atoms with E-state index in [2.05, 4.69) is 25.3 Å². The van der Waals surface area contributed by atoms with E-state index in [1.54, 1.807) is 6.20 Å². The Morgan fingerprint density at radius 3 is 3.11 bits per heavy atom. The number of nitrogens with one attached hydrogen (secondary N) is 3. The second-order valence-electron chi connectivity index (χ2n) is 4.43. The van der Waals surface area contributed by atoms with Crippen LogP contribution in [0.3, 0.4) is 0 Å². The summed E-state index contributed by atoms with van der Waals surface area (Å²) in [6, 6.07) is 5.65. The molecule has 0 saturated heterocycles. The van der Waals surface area contributed by atoms with Crippen molar-refractivity contribution in [3.8, 4) is 0 Å². The summed E-state index contributed by atoms with van der Waals surface area (Å²) in [6.45, 7) is 0.843. The van der Waals surface area contributed by atoms with E-state index in [4.69, 9.17) is 5.73 Å². The second kappa shape index (κ2) is 5.01. The normalized spacial score (nSPS) is 10.9. The minimum absolute atomic E-state index is 0.737. The van der Waals surface area contributed by atoms with Gasteiger partial charge in [-0.15, -0.1) is 0 Å². The number of rotatable bonds is 5. The maximum Gasteiger partial charge on any atom is 0.201 e. The number of benzene rings is 1. The van der Waals surface area contributed by atoms with Crippen molar-refractivity contribution >= 4 is 22.7 Å². The van der Waals surface area contributed by atoms with Crippen molar-refractivity contribution in [1.29, 1.82) is 0 Å². The maximum atomic E-state index is 5.73. The average Bonchev–Trinajstić information content (AvgIpc) is 3.02. The van der Waals surface area contributed by atoms with Gasteiger partial charge in [0.15, 0.2) is 0 Å². The van der Waals surface area contributed by atoms with E-state index in [1.165, 1.54) is 0 Å². The van der Waals surface area contributed by atoms with Gasteiger partial charge in [0.05, 0.1) is 11.0 Å². The number of imidazole rings is 2. The van der Waals surface area contributed by atoms with Crippen molar-refractivity contribution in [3.63, 3.8) is 0 Å². The number of H-pyrrole nitrogens is 2. The van der Waals surface area contributed by atoms with Crippen LogP contribution in [0, 0.1) is 0 Å². The molecular weight excluding hydrogens is 240 g/mol. The van der Waals surface area contributed by atoms with E-state index in [1.807, 2.05) is 24.4 Å². The number of anilines is 2. The fourth-order valence-corrected chi connectivity index (χ4v) is 2.01. The monoisotopic (exact) mass is 256 g/mol. The first-order valence-electron chi connectivity index (χ1n) is 6.28. The van der Waals surface area contributed by atoms with E-state index < -0.39 is 0 Å². The van der Waals surface area contributed by atoms with Gasteiger partial charge in [-0.2, -0.15) is 0 Å². The van der Waals surface area contributed by atoms with Gasteiger partial charge in [0.1, 0.15) is 5.82 Å². The number of nitrogens with zero attached hydrogens (tertiary/aromatic N) is 2. The molecule has 19 heavy (non-hydrogen) atoms. The average molecular weight is 256 g/mol. The van der Waals surface area contributed by atoms with Gasteiger partial charge in [-0.1, -0.05) is 0 Å². The predicted octanol–water partition coefficient (Wildman–Crippen LogP) is 1.91. The van der Waals surface area contributed by atoms with Crippen LogP contribution in [0.4, 0.5) is 11.6 Å². The van der Waals surface area contributed by atoms with Gasteiger partial charge in [0.25, 0.3) is 0 Å². The Morgan fingerprint density at radius 2 is 2.26 bits per heavy atom. The summed E-state index contributed by atoms with van der Waals surface area (Å²) in [5.74, 6) is 1.79. The molecule has 0 aliphatic carbocycles. The van der Waals surface area contributed by atoms with Crippen LogP contribution < -0.4 is 11.1 Å². The largest absolute Gasteiger partial charge is 0.399 e. The van der Waals surface area contributed by atoms with Crippen LogP contribution in [0.15, 0.2) is 30.6 Å². The number of aromatic amines is 2. The van der Waals surface area contributed by atoms with Crippen LogP contribution >= 0.6 is 0 Å². The highest BCUT2D eigenvalue weighted by Crippen LogP contribution is 2.16. The fourth-order valence-electron chi connectivity index (χ4n) is 2.01. The van der Waals surface area contributed by atoms with E-state index >= 15 is 0 Å². The second-order valence-corrected chi connectivity index (χ2v) is 4.43. The summed E-state index contributed by atoms with van der Waals surface area (Å²) in [4.78, 5) is 14.9. The Labute approximate surface area is 110 Å². The minimum atomic E-state index is 0.737. The Kier molecular flexibility index (Phi) is 3.06. The van der Waals surface area contributed by atoms with Crippen LogP contribution in [-0.2, 0) is 6.42 Å². The van der Waals surface area contributed by atoms with Crippen LogP contribution in [0.1, 0.15) is 12.2 Å². The summed E-state index contributed by atoms with van der Waals surface area (Å²) >= 11 is 0. The van der Waals surface area contributed by atoms with Gasteiger partial charge in [-0.3, -0.25) is 0 Å². The van der Waals surface area contributed by atoms with Crippen molar-refractivity contribution < 1.29 is 0 Å². The molecule has 0 radical (unpaired) electrons. The molecule has 6 nitrogen and oxygen atoms in total. The van der Waals surface area contributed by atoms with Crippen molar-refractivity contribution in [3.05, 3.63) is 36.4 Å². The Hall–Kier alpha value is -2.50. The molecule has 0 atom stereocenters. The third kappa shape index (κ3) is 2.67. The van der Waals surface area contributed by atoms with Crippen LogP contribution in [0.5, 0.6) is 0 Å². The summed E-state index contributed by atoms with van der Waals surface area (Å²) in [5, 5.41) is 3.27. The molecule has 0 saturated carbocycles. The molecule has 1 aromatic carbocycles. The molecular formula is C13H16N6. The first kappa shape index (κ1) is 11.6. The first-order chi connectivity index (χ1) is 9.31. The maximum absolute atomic E-state index is 5.73. The highest BCUT2D eigenvalue weighted by Gasteiger charge is 2.02. The molecule has 0 fully saturated rings. The van der Waals surface area contributed by atoms with E-state index in [0.29, 0.717) is 0 Å². The van der Waals surface area contributed by atoms with Gasteiger partial charge in [0.2, 0.25) is 5.95 Å². The molecule has 0 aliphatic heterocycles. The lowest BCUT2D eigenvalue weighted by Gasteiger charge is -2.00. The van der Waals surface area contributed by atoms with E-state index in [9.17, 15) is 0 Å². The molecule has 2 heterocycles. The van der Waals surface area contributed by atoms with Gasteiger partial charge in [0, 0.05) is 31.0 Å². The minimum Gasteiger partial charge on any atom is -0.399 e. The fraction of sp³-hybridized carbons (Fsp3) is 0.231. The molecule has 3 aromatic rings. The predicted molar refractivity (Wildman–Crippen MR) is 75.9 cm³/mol. The van der Waals surface area contributed by atoms with E-state index in [-0.39, 0.29) is 0 Å². The summed E-state index contributed by atoms with van der Waals surface area (Å²) in [5.41, 5.74) is 8.34. The summed E-state index contributed by atoms with van der Waals surface area (Å²) < 4.78 is 0. The SMILES string of the molecule is Nc1ccc2nc(NCCCc3ncc[nH]3)[nH]c2c1. The number of nitrogens with two attached hydrogens (primary N) is 1. The molecule has 0 bridgehead atoms. The number of aryl methyl sites for hydroxylation is 1. The quantitative estimate of drug-likeness (QED) is 0.414. The molecule has 0 aliphatic rings. The van der Waals surface area contributed by atoms with Gasteiger partial charge >= 0.3 is 0 Å². The van der Waals surface area contributed by atoms with Crippen LogP contribution in [0.25, 0.3) is 11.0 Å². The number of hydrogen-bond donors (Lipinski definition) is 4. The Morgan fingerprint density at radius 1 is 1.32 bits per heavy atom. The molecule has 5 N–H and O–H groups in total. The van der Waals surface area contributed by atoms with Crippen molar-refractivity contribution in [2.24, 2.45) is 0 Å². The lowest BCUT2D eigenvalue weighted by Crippen LogP contribution is -2.04. The Balaban J connectivity index is 1.56. The topological polar surface area (TPSA) is 95.4 Å². The van der Waals surface area contributed by atoms with E-state index in [0.717, 1.165) is 47.9 Å². The zero-order valence-corrected chi connectivity index (χ0v) is 10.5. The molecule has 3 rings (SSSR count). The zero-order chi connectivity index (χ0) is 13.1. The van der Waals surface area contributed by atoms with Crippen molar-refractivity contribution in [2.45, 2.75) is 12.8 Å². The number of fused-ring (bicyclic) bond motifs is 1. The Bertz CT molecular complexity index is 655. The number of nitrogen functional groups attached to an aromatic ring is 1. The highest BCUT2D eigenvalue weighted by molar-refractivity contribution is 5.80. The molecule has 0 unspecified atom stereocenters. The zero-order valence-electron chi connectivity index (χ0n) is 10.5. The van der Waals surface area contributed by atoms with Crippen molar-refractivity contribution in [2.75, 3.05) is 17.6 Å². The highest BCUT2D eigenvalue weighted by atomic mass is 15.1. The molecule has 2 aromatic heterocycles. The lowest BCUT2D eigenvalue weighted by atomic mass is 10.3. The molecule has 98 valence electrons.